The molecule has 12 heavy (non-hydrogen) atoms. The lowest BCUT2D eigenvalue weighted by Crippen LogP contribution is -2.22. The van der Waals surface area contributed by atoms with E-state index in [1.54, 1.807) is 6.92 Å². The van der Waals surface area contributed by atoms with E-state index < -0.39 is 5.91 Å². The van der Waals surface area contributed by atoms with Crippen LogP contribution in [0.5, 0.6) is 0 Å². The smallest absolute Gasteiger partial charge is 0.256 e. The molecule has 1 aromatic rings. The first-order valence-corrected chi connectivity index (χ1v) is 3.43. The van der Waals surface area contributed by atoms with E-state index in [0.29, 0.717) is 5.76 Å². The van der Waals surface area contributed by atoms with Crippen molar-refractivity contribution in [1.29, 1.82) is 0 Å². The normalized spacial score (nSPS) is 9.83. The van der Waals surface area contributed by atoms with Gasteiger partial charge < -0.3 is 10.2 Å². The molecule has 0 aromatic carbocycles. The molecule has 4 nitrogen and oxygen atoms in total. The van der Waals surface area contributed by atoms with Crippen molar-refractivity contribution in [3.05, 3.63) is 33.4 Å². The Labute approximate surface area is 69.0 Å². The third kappa shape index (κ3) is 1.37. The zero-order valence-electron chi connectivity index (χ0n) is 6.88. The monoisotopic (exact) mass is 167 g/mol. The summed E-state index contributed by atoms with van der Waals surface area (Å²) in [5, 5.41) is 0. The van der Waals surface area contributed by atoms with Crippen molar-refractivity contribution in [1.82, 2.24) is 0 Å². The molecule has 1 heterocycles. The lowest BCUT2D eigenvalue weighted by Gasteiger charge is -1.99. The molecule has 0 unspecified atom stereocenters. The van der Waals surface area contributed by atoms with Gasteiger partial charge in [-0.05, 0) is 13.8 Å². The van der Waals surface area contributed by atoms with Gasteiger partial charge in [-0.25, -0.2) is 0 Å². The molecule has 0 saturated heterocycles. The maximum absolute atomic E-state index is 11.1. The summed E-state index contributed by atoms with van der Waals surface area (Å²) < 4.78 is 5.05. The van der Waals surface area contributed by atoms with E-state index in [2.05, 4.69) is 0 Å². The quantitative estimate of drug-likeness (QED) is 0.656. The molecular formula is C8H9NO3. The summed E-state index contributed by atoms with van der Waals surface area (Å²) in [6, 6.07) is 1.24. The van der Waals surface area contributed by atoms with Gasteiger partial charge in [-0.1, -0.05) is 0 Å². The van der Waals surface area contributed by atoms with Crippen LogP contribution in [0, 0.1) is 13.8 Å². The van der Waals surface area contributed by atoms with E-state index in [4.69, 9.17) is 10.2 Å². The minimum Gasteiger partial charge on any atom is -0.466 e. The SMILES string of the molecule is Cc1cc(=O)c(C(N)=O)c(C)o1. The van der Waals surface area contributed by atoms with Crippen LogP contribution in [-0.4, -0.2) is 5.91 Å². The van der Waals surface area contributed by atoms with Crippen molar-refractivity contribution >= 4 is 5.91 Å². The zero-order valence-corrected chi connectivity index (χ0v) is 6.88. The molecule has 0 radical (unpaired) electrons. The lowest BCUT2D eigenvalue weighted by molar-refractivity contribution is 0.0996. The summed E-state index contributed by atoms with van der Waals surface area (Å²) >= 11 is 0. The minimum atomic E-state index is -0.749. The van der Waals surface area contributed by atoms with Crippen LogP contribution in [0.4, 0.5) is 0 Å². The Morgan fingerprint density at radius 2 is 2.08 bits per heavy atom. The van der Waals surface area contributed by atoms with Crippen molar-refractivity contribution in [3.8, 4) is 0 Å². The molecule has 0 spiro atoms. The second-order valence-corrected chi connectivity index (χ2v) is 2.52. The summed E-state index contributed by atoms with van der Waals surface area (Å²) in [5.74, 6) is -0.00347. The fourth-order valence-electron chi connectivity index (χ4n) is 1.05. The highest BCUT2D eigenvalue weighted by Gasteiger charge is 2.11. The van der Waals surface area contributed by atoms with Gasteiger partial charge in [0.25, 0.3) is 5.91 Å². The third-order valence-corrected chi connectivity index (χ3v) is 1.49. The van der Waals surface area contributed by atoms with Gasteiger partial charge in [0.1, 0.15) is 17.1 Å². The number of hydrogen-bond acceptors (Lipinski definition) is 3. The summed E-state index contributed by atoms with van der Waals surface area (Å²) in [7, 11) is 0. The van der Waals surface area contributed by atoms with Crippen LogP contribution in [0.25, 0.3) is 0 Å². The lowest BCUT2D eigenvalue weighted by atomic mass is 10.2. The molecule has 1 rings (SSSR count). The Balaban J connectivity index is 3.49. The predicted octanol–water partition coefficient (Wildman–Crippen LogP) is 0.356. The van der Waals surface area contributed by atoms with Gasteiger partial charge in [-0.15, -0.1) is 0 Å². The third-order valence-electron chi connectivity index (χ3n) is 1.49. The largest absolute Gasteiger partial charge is 0.466 e. The molecule has 1 aromatic heterocycles. The number of aryl methyl sites for hydroxylation is 2. The maximum Gasteiger partial charge on any atom is 0.256 e. The number of primary amides is 1. The van der Waals surface area contributed by atoms with E-state index in [9.17, 15) is 9.59 Å². The van der Waals surface area contributed by atoms with Crippen molar-refractivity contribution in [2.24, 2.45) is 5.73 Å². The number of nitrogens with two attached hydrogens (primary N) is 1. The molecule has 0 aliphatic heterocycles. The van der Waals surface area contributed by atoms with E-state index >= 15 is 0 Å². The molecule has 64 valence electrons. The van der Waals surface area contributed by atoms with Crippen molar-refractivity contribution in [3.63, 3.8) is 0 Å². The van der Waals surface area contributed by atoms with Gasteiger partial charge in [0.05, 0.1) is 0 Å². The molecule has 0 atom stereocenters. The van der Waals surface area contributed by atoms with Gasteiger partial charge in [-0.2, -0.15) is 0 Å². The van der Waals surface area contributed by atoms with Gasteiger partial charge in [0, 0.05) is 6.07 Å². The Morgan fingerprint density at radius 3 is 2.50 bits per heavy atom. The van der Waals surface area contributed by atoms with Crippen LogP contribution < -0.4 is 11.2 Å². The van der Waals surface area contributed by atoms with E-state index in [-0.39, 0.29) is 16.8 Å². The number of carbonyl (C=O) groups is 1. The van der Waals surface area contributed by atoms with E-state index in [1.165, 1.54) is 13.0 Å². The van der Waals surface area contributed by atoms with Crippen molar-refractivity contribution in [2.45, 2.75) is 13.8 Å². The second-order valence-electron chi connectivity index (χ2n) is 2.52. The summed E-state index contributed by atoms with van der Waals surface area (Å²) in [6.45, 7) is 3.17. The maximum atomic E-state index is 11.1. The second kappa shape index (κ2) is 2.81. The molecule has 0 saturated carbocycles. The average Bonchev–Trinajstić information content (AvgIpc) is 1.82. The number of amides is 1. The Hall–Kier alpha value is -1.58. The van der Waals surface area contributed by atoms with Crippen LogP contribution >= 0.6 is 0 Å². The summed E-state index contributed by atoms with van der Waals surface area (Å²) in [6.07, 6.45) is 0. The summed E-state index contributed by atoms with van der Waals surface area (Å²) in [5.41, 5.74) is 4.51. The Morgan fingerprint density at radius 1 is 1.50 bits per heavy atom. The fourth-order valence-corrected chi connectivity index (χ4v) is 1.05. The minimum absolute atomic E-state index is 0.0689. The van der Waals surface area contributed by atoms with Gasteiger partial charge >= 0.3 is 0 Å². The first-order chi connectivity index (χ1) is 5.52. The molecule has 4 heteroatoms. The Bertz CT molecular complexity index is 378. The Kier molecular flexibility index (Phi) is 1.99. The first-order valence-electron chi connectivity index (χ1n) is 3.43. The van der Waals surface area contributed by atoms with Crippen LogP contribution in [0.3, 0.4) is 0 Å². The number of hydrogen-bond donors (Lipinski definition) is 1. The molecule has 0 bridgehead atoms. The first kappa shape index (κ1) is 8.52. The highest BCUT2D eigenvalue weighted by Crippen LogP contribution is 2.03. The van der Waals surface area contributed by atoms with E-state index in [1.807, 2.05) is 0 Å². The topological polar surface area (TPSA) is 73.3 Å². The van der Waals surface area contributed by atoms with Gasteiger partial charge in [0.15, 0.2) is 5.43 Å². The van der Waals surface area contributed by atoms with Crippen LogP contribution in [-0.2, 0) is 0 Å². The van der Waals surface area contributed by atoms with E-state index in [0.717, 1.165) is 0 Å². The number of rotatable bonds is 1. The molecule has 1 amide bonds. The molecule has 0 aliphatic carbocycles. The highest BCUT2D eigenvalue weighted by molar-refractivity contribution is 5.93. The highest BCUT2D eigenvalue weighted by atomic mass is 16.3. The molecule has 2 N–H and O–H groups in total. The molecule has 0 aliphatic rings. The fraction of sp³-hybridized carbons (Fsp3) is 0.250. The molecule has 0 fully saturated rings. The van der Waals surface area contributed by atoms with Crippen molar-refractivity contribution < 1.29 is 9.21 Å². The van der Waals surface area contributed by atoms with Gasteiger partial charge in [-0.3, -0.25) is 9.59 Å². The number of carbonyl (C=O) groups excluding carboxylic acids is 1. The standard InChI is InChI=1S/C8H9NO3/c1-4-3-6(10)7(8(9)11)5(2)12-4/h3H,1-2H3,(H2,9,11). The average molecular weight is 167 g/mol. The molecular weight excluding hydrogens is 158 g/mol. The van der Waals surface area contributed by atoms with Crippen LogP contribution in [0.15, 0.2) is 15.3 Å². The van der Waals surface area contributed by atoms with Gasteiger partial charge in [0.2, 0.25) is 0 Å². The zero-order chi connectivity index (χ0) is 9.30. The van der Waals surface area contributed by atoms with Crippen molar-refractivity contribution in [2.75, 3.05) is 0 Å². The van der Waals surface area contributed by atoms with Crippen LogP contribution in [0.2, 0.25) is 0 Å². The summed E-state index contributed by atoms with van der Waals surface area (Å²) in [4.78, 5) is 21.9. The predicted molar refractivity (Wildman–Crippen MR) is 43.0 cm³/mol. The van der Waals surface area contributed by atoms with Crippen LogP contribution in [0.1, 0.15) is 21.9 Å².